The topological polar surface area (TPSA) is 12.0 Å². The van der Waals surface area contributed by atoms with Gasteiger partial charge in [0, 0.05) is 11.1 Å². The lowest BCUT2D eigenvalue weighted by Gasteiger charge is -2.16. The fraction of sp³-hybridized carbons (Fsp3) is 0.600. The average molecular weight is 272 g/mol. The third kappa shape index (κ3) is 5.36. The van der Waals surface area contributed by atoms with Gasteiger partial charge in [0.05, 0.1) is 0 Å². The van der Waals surface area contributed by atoms with Crippen molar-refractivity contribution in [2.45, 2.75) is 51.5 Å². The lowest BCUT2D eigenvalue weighted by molar-refractivity contribution is 0.475. The second-order valence-corrected chi connectivity index (χ2v) is 5.21. The molecule has 0 saturated carbocycles. The van der Waals surface area contributed by atoms with E-state index in [1.54, 1.807) is 12.1 Å². The van der Waals surface area contributed by atoms with Crippen molar-refractivity contribution in [2.75, 3.05) is 7.05 Å². The fourth-order valence-electron chi connectivity index (χ4n) is 2.13. The van der Waals surface area contributed by atoms with E-state index in [0.717, 1.165) is 6.42 Å². The summed E-state index contributed by atoms with van der Waals surface area (Å²) in [6, 6.07) is 5.10. The molecule has 0 aliphatic carbocycles. The molecule has 1 aromatic carbocycles. The molecule has 0 aliphatic rings. The SMILES string of the molecule is CCCCCCC(Cc1cc(Cl)ccc1F)NC. The molecule has 0 heterocycles. The van der Waals surface area contributed by atoms with E-state index >= 15 is 0 Å². The maximum Gasteiger partial charge on any atom is 0.126 e. The number of hydrogen-bond acceptors (Lipinski definition) is 1. The molecule has 1 nitrogen and oxygen atoms in total. The van der Waals surface area contributed by atoms with Gasteiger partial charge in [0.1, 0.15) is 5.82 Å². The van der Waals surface area contributed by atoms with Crippen LogP contribution >= 0.6 is 11.6 Å². The molecule has 3 heteroatoms. The first kappa shape index (κ1) is 15.5. The first-order valence-electron chi connectivity index (χ1n) is 6.78. The van der Waals surface area contributed by atoms with Crippen molar-refractivity contribution in [2.24, 2.45) is 0 Å². The summed E-state index contributed by atoms with van der Waals surface area (Å²) in [5, 5.41) is 3.87. The minimum absolute atomic E-state index is 0.159. The Morgan fingerprint density at radius 1 is 1.28 bits per heavy atom. The van der Waals surface area contributed by atoms with Gasteiger partial charge in [-0.05, 0) is 43.7 Å². The zero-order valence-electron chi connectivity index (χ0n) is 11.3. The van der Waals surface area contributed by atoms with Crippen molar-refractivity contribution in [1.29, 1.82) is 0 Å². The summed E-state index contributed by atoms with van der Waals surface area (Å²) in [4.78, 5) is 0. The van der Waals surface area contributed by atoms with E-state index in [0.29, 0.717) is 23.0 Å². The van der Waals surface area contributed by atoms with Crippen LogP contribution in [-0.4, -0.2) is 13.1 Å². The predicted octanol–water partition coefficient (Wildman–Crippen LogP) is 4.58. The zero-order chi connectivity index (χ0) is 13.4. The molecule has 0 saturated heterocycles. The zero-order valence-corrected chi connectivity index (χ0v) is 12.1. The monoisotopic (exact) mass is 271 g/mol. The van der Waals surface area contributed by atoms with Crippen LogP contribution in [0.2, 0.25) is 5.02 Å². The lowest BCUT2D eigenvalue weighted by atomic mass is 10.00. The van der Waals surface area contributed by atoms with Crippen LogP contribution in [0.5, 0.6) is 0 Å². The molecular weight excluding hydrogens is 249 g/mol. The second kappa shape index (κ2) is 8.49. The fourth-order valence-corrected chi connectivity index (χ4v) is 2.33. The van der Waals surface area contributed by atoms with Crippen LogP contribution in [0.4, 0.5) is 4.39 Å². The molecule has 0 bridgehead atoms. The van der Waals surface area contributed by atoms with E-state index in [4.69, 9.17) is 11.6 Å². The summed E-state index contributed by atoms with van der Waals surface area (Å²) in [7, 11) is 1.94. The highest BCUT2D eigenvalue weighted by atomic mass is 35.5. The molecule has 1 N–H and O–H groups in total. The number of hydrogen-bond donors (Lipinski definition) is 1. The van der Waals surface area contributed by atoms with Crippen molar-refractivity contribution >= 4 is 11.6 Å². The average Bonchev–Trinajstić information content (AvgIpc) is 2.37. The molecule has 0 aromatic heterocycles. The van der Waals surface area contributed by atoms with Crippen molar-refractivity contribution in [1.82, 2.24) is 5.32 Å². The molecule has 0 amide bonds. The highest BCUT2D eigenvalue weighted by Crippen LogP contribution is 2.18. The maximum atomic E-state index is 13.6. The number of likely N-dealkylation sites (N-methyl/N-ethyl adjacent to an activating group) is 1. The number of rotatable bonds is 8. The van der Waals surface area contributed by atoms with Gasteiger partial charge in [-0.1, -0.05) is 44.2 Å². The summed E-state index contributed by atoms with van der Waals surface area (Å²) in [5.41, 5.74) is 0.706. The first-order chi connectivity index (χ1) is 8.67. The minimum atomic E-state index is -0.159. The summed E-state index contributed by atoms with van der Waals surface area (Å²) < 4.78 is 13.6. The molecule has 1 rings (SSSR count). The Balaban J connectivity index is 2.48. The normalized spacial score (nSPS) is 12.7. The van der Waals surface area contributed by atoms with Crippen LogP contribution in [0.1, 0.15) is 44.6 Å². The van der Waals surface area contributed by atoms with E-state index in [1.165, 1.54) is 31.7 Å². The van der Waals surface area contributed by atoms with Gasteiger partial charge in [-0.3, -0.25) is 0 Å². The highest BCUT2D eigenvalue weighted by Gasteiger charge is 2.10. The van der Waals surface area contributed by atoms with Crippen LogP contribution in [-0.2, 0) is 6.42 Å². The molecule has 1 atom stereocenters. The predicted molar refractivity (Wildman–Crippen MR) is 76.7 cm³/mol. The Morgan fingerprint density at radius 3 is 2.72 bits per heavy atom. The van der Waals surface area contributed by atoms with Gasteiger partial charge in [0.2, 0.25) is 0 Å². The number of nitrogens with one attached hydrogen (secondary N) is 1. The Labute approximate surface area is 115 Å². The quantitative estimate of drug-likeness (QED) is 0.683. The van der Waals surface area contributed by atoms with Crippen LogP contribution in [0.25, 0.3) is 0 Å². The van der Waals surface area contributed by atoms with E-state index in [-0.39, 0.29) is 5.82 Å². The Hall–Kier alpha value is -0.600. The summed E-state index contributed by atoms with van der Waals surface area (Å²) >= 11 is 5.90. The number of benzene rings is 1. The molecule has 1 aromatic rings. The Bertz CT molecular complexity index is 354. The molecule has 18 heavy (non-hydrogen) atoms. The van der Waals surface area contributed by atoms with Gasteiger partial charge in [-0.2, -0.15) is 0 Å². The van der Waals surface area contributed by atoms with Gasteiger partial charge in [-0.25, -0.2) is 4.39 Å². The highest BCUT2D eigenvalue weighted by molar-refractivity contribution is 6.30. The standard InChI is InChI=1S/C15H23ClFN/c1-3-4-5-6-7-14(18-2)11-12-10-13(16)8-9-15(12)17/h8-10,14,18H,3-7,11H2,1-2H3. The summed E-state index contributed by atoms with van der Waals surface area (Å²) in [5.74, 6) is -0.159. The Kier molecular flexibility index (Phi) is 7.29. The molecule has 0 radical (unpaired) electrons. The van der Waals surface area contributed by atoms with Gasteiger partial charge in [0.25, 0.3) is 0 Å². The molecule has 102 valence electrons. The lowest BCUT2D eigenvalue weighted by Crippen LogP contribution is -2.27. The minimum Gasteiger partial charge on any atom is -0.317 e. The first-order valence-corrected chi connectivity index (χ1v) is 7.16. The van der Waals surface area contributed by atoms with Crippen molar-refractivity contribution in [3.63, 3.8) is 0 Å². The third-order valence-electron chi connectivity index (χ3n) is 3.29. The number of halogens is 2. The largest absolute Gasteiger partial charge is 0.317 e. The van der Waals surface area contributed by atoms with Crippen LogP contribution in [0.15, 0.2) is 18.2 Å². The maximum absolute atomic E-state index is 13.6. The molecule has 0 fully saturated rings. The van der Waals surface area contributed by atoms with Crippen molar-refractivity contribution in [3.8, 4) is 0 Å². The molecule has 0 spiro atoms. The smallest absolute Gasteiger partial charge is 0.126 e. The second-order valence-electron chi connectivity index (χ2n) is 4.77. The van der Waals surface area contributed by atoms with E-state index in [1.807, 2.05) is 7.05 Å². The van der Waals surface area contributed by atoms with Crippen LogP contribution in [0.3, 0.4) is 0 Å². The van der Waals surface area contributed by atoms with Gasteiger partial charge >= 0.3 is 0 Å². The number of unbranched alkanes of at least 4 members (excludes halogenated alkanes) is 3. The van der Waals surface area contributed by atoms with Gasteiger partial charge < -0.3 is 5.32 Å². The molecular formula is C15H23ClFN. The molecule has 0 aliphatic heterocycles. The van der Waals surface area contributed by atoms with Crippen LogP contribution in [0, 0.1) is 5.82 Å². The third-order valence-corrected chi connectivity index (χ3v) is 3.52. The summed E-state index contributed by atoms with van der Waals surface area (Å²) in [6.45, 7) is 2.21. The van der Waals surface area contributed by atoms with E-state index in [2.05, 4.69) is 12.2 Å². The Morgan fingerprint density at radius 2 is 2.06 bits per heavy atom. The van der Waals surface area contributed by atoms with Gasteiger partial charge in [0.15, 0.2) is 0 Å². The van der Waals surface area contributed by atoms with Crippen LogP contribution < -0.4 is 5.32 Å². The van der Waals surface area contributed by atoms with E-state index < -0.39 is 0 Å². The van der Waals surface area contributed by atoms with E-state index in [9.17, 15) is 4.39 Å². The molecule has 1 unspecified atom stereocenters. The van der Waals surface area contributed by atoms with Gasteiger partial charge in [-0.15, -0.1) is 0 Å². The summed E-state index contributed by atoms with van der Waals surface area (Å²) in [6.07, 6.45) is 6.76. The van der Waals surface area contributed by atoms with Crippen molar-refractivity contribution < 1.29 is 4.39 Å². The van der Waals surface area contributed by atoms with Crippen molar-refractivity contribution in [3.05, 3.63) is 34.6 Å².